The van der Waals surface area contributed by atoms with E-state index in [1.165, 1.54) is 0 Å². The predicted molar refractivity (Wildman–Crippen MR) is 51.4 cm³/mol. The maximum absolute atomic E-state index is 11.8. The molecule has 1 aliphatic heterocycles. The summed E-state index contributed by atoms with van der Waals surface area (Å²) in [7, 11) is 1.58. The van der Waals surface area contributed by atoms with Crippen LogP contribution in [0.25, 0.3) is 0 Å². The monoisotopic (exact) mass is 185 g/mol. The van der Waals surface area contributed by atoms with E-state index in [1.54, 1.807) is 7.11 Å². The molecule has 0 N–H and O–H groups in total. The highest BCUT2D eigenvalue weighted by atomic mass is 16.5. The van der Waals surface area contributed by atoms with Crippen molar-refractivity contribution in [3.05, 3.63) is 0 Å². The van der Waals surface area contributed by atoms with Gasteiger partial charge in [0.25, 0.3) is 5.91 Å². The lowest BCUT2D eigenvalue weighted by Gasteiger charge is -2.27. The first-order chi connectivity index (χ1) is 5.97. The predicted octanol–water partition coefficient (Wildman–Crippen LogP) is 1.28. The summed E-state index contributed by atoms with van der Waals surface area (Å²) in [6, 6.07) is 0. The molecule has 1 heterocycles. The molecule has 0 bridgehead atoms. The molecule has 1 rings (SSSR count). The van der Waals surface area contributed by atoms with Crippen molar-refractivity contribution in [2.45, 2.75) is 32.8 Å². The number of amides is 1. The van der Waals surface area contributed by atoms with Crippen molar-refractivity contribution in [3.63, 3.8) is 0 Å². The van der Waals surface area contributed by atoms with Crippen LogP contribution in [-0.2, 0) is 9.53 Å². The molecule has 3 heteroatoms. The lowest BCUT2D eigenvalue weighted by atomic mass is 10.1. The Kier molecular flexibility index (Phi) is 2.96. The van der Waals surface area contributed by atoms with Crippen molar-refractivity contribution in [2.24, 2.45) is 5.92 Å². The first kappa shape index (κ1) is 10.5. The van der Waals surface area contributed by atoms with Crippen LogP contribution in [-0.4, -0.2) is 36.6 Å². The molecule has 0 spiro atoms. The fraction of sp³-hybridized carbons (Fsp3) is 0.900. The minimum Gasteiger partial charge on any atom is -0.369 e. The largest absolute Gasteiger partial charge is 0.369 e. The zero-order chi connectivity index (χ0) is 10.1. The van der Waals surface area contributed by atoms with Gasteiger partial charge in [-0.3, -0.25) is 4.79 Å². The Morgan fingerprint density at radius 2 is 2.15 bits per heavy atom. The van der Waals surface area contributed by atoms with E-state index < -0.39 is 5.60 Å². The van der Waals surface area contributed by atoms with Gasteiger partial charge in [-0.1, -0.05) is 6.92 Å². The van der Waals surface area contributed by atoms with E-state index in [4.69, 9.17) is 4.74 Å². The van der Waals surface area contributed by atoms with Crippen LogP contribution in [0.5, 0.6) is 0 Å². The van der Waals surface area contributed by atoms with Gasteiger partial charge in [0.1, 0.15) is 5.60 Å². The van der Waals surface area contributed by atoms with E-state index in [-0.39, 0.29) is 5.91 Å². The van der Waals surface area contributed by atoms with Crippen molar-refractivity contribution < 1.29 is 9.53 Å². The van der Waals surface area contributed by atoms with Gasteiger partial charge in [0.2, 0.25) is 0 Å². The number of likely N-dealkylation sites (tertiary alicyclic amines) is 1. The molecule has 3 nitrogen and oxygen atoms in total. The summed E-state index contributed by atoms with van der Waals surface area (Å²) in [6.45, 7) is 7.57. The molecule has 0 aromatic rings. The van der Waals surface area contributed by atoms with Gasteiger partial charge >= 0.3 is 0 Å². The van der Waals surface area contributed by atoms with Crippen LogP contribution in [0.4, 0.5) is 0 Å². The second kappa shape index (κ2) is 3.66. The number of nitrogens with zero attached hydrogens (tertiary/aromatic N) is 1. The van der Waals surface area contributed by atoms with Crippen molar-refractivity contribution in [1.82, 2.24) is 4.90 Å². The van der Waals surface area contributed by atoms with E-state index in [1.807, 2.05) is 18.7 Å². The number of rotatable bonds is 2. The second-order valence-corrected chi connectivity index (χ2v) is 4.36. The summed E-state index contributed by atoms with van der Waals surface area (Å²) >= 11 is 0. The Morgan fingerprint density at radius 3 is 2.54 bits per heavy atom. The lowest BCUT2D eigenvalue weighted by Crippen LogP contribution is -2.45. The van der Waals surface area contributed by atoms with Crippen LogP contribution >= 0.6 is 0 Å². The number of methoxy groups -OCH3 is 1. The molecular formula is C10H19NO2. The highest BCUT2D eigenvalue weighted by Crippen LogP contribution is 2.20. The summed E-state index contributed by atoms with van der Waals surface area (Å²) in [4.78, 5) is 13.7. The molecule has 1 amide bonds. The lowest BCUT2D eigenvalue weighted by molar-refractivity contribution is -0.149. The third-order valence-corrected chi connectivity index (χ3v) is 2.74. The highest BCUT2D eigenvalue weighted by Gasteiger charge is 2.34. The average Bonchev–Trinajstić information content (AvgIpc) is 2.50. The fourth-order valence-electron chi connectivity index (χ4n) is 1.59. The maximum Gasteiger partial charge on any atom is 0.254 e. The van der Waals surface area contributed by atoms with Gasteiger partial charge < -0.3 is 9.64 Å². The SMILES string of the molecule is COC(C)(C)C(=O)N1CCC(C)C1. The van der Waals surface area contributed by atoms with Crippen LogP contribution in [0, 0.1) is 5.92 Å². The molecule has 1 saturated heterocycles. The topological polar surface area (TPSA) is 29.5 Å². The van der Waals surface area contributed by atoms with Crippen molar-refractivity contribution >= 4 is 5.91 Å². The molecule has 0 aromatic carbocycles. The summed E-state index contributed by atoms with van der Waals surface area (Å²) in [6.07, 6.45) is 1.12. The summed E-state index contributed by atoms with van der Waals surface area (Å²) < 4.78 is 5.16. The third kappa shape index (κ3) is 2.21. The molecule has 1 atom stereocenters. The minimum atomic E-state index is -0.663. The molecule has 0 aliphatic carbocycles. The van der Waals surface area contributed by atoms with E-state index >= 15 is 0 Å². The Balaban J connectivity index is 2.58. The van der Waals surface area contributed by atoms with Crippen LogP contribution in [0.1, 0.15) is 27.2 Å². The average molecular weight is 185 g/mol. The Morgan fingerprint density at radius 1 is 1.54 bits per heavy atom. The van der Waals surface area contributed by atoms with E-state index in [0.717, 1.165) is 19.5 Å². The third-order valence-electron chi connectivity index (χ3n) is 2.74. The van der Waals surface area contributed by atoms with Gasteiger partial charge in [-0.25, -0.2) is 0 Å². The molecule has 13 heavy (non-hydrogen) atoms. The number of ether oxygens (including phenoxy) is 1. The van der Waals surface area contributed by atoms with Gasteiger partial charge in [0.15, 0.2) is 0 Å². The smallest absolute Gasteiger partial charge is 0.254 e. The Labute approximate surface area is 80.1 Å². The number of carbonyl (C=O) groups is 1. The van der Waals surface area contributed by atoms with Crippen LogP contribution < -0.4 is 0 Å². The molecule has 0 radical (unpaired) electrons. The molecule has 1 aliphatic rings. The first-order valence-corrected chi connectivity index (χ1v) is 4.82. The highest BCUT2D eigenvalue weighted by molar-refractivity contribution is 5.84. The van der Waals surface area contributed by atoms with E-state index in [9.17, 15) is 4.79 Å². The van der Waals surface area contributed by atoms with Crippen LogP contribution in [0.15, 0.2) is 0 Å². The molecular weight excluding hydrogens is 166 g/mol. The summed E-state index contributed by atoms with van der Waals surface area (Å²) in [5.41, 5.74) is -0.663. The van der Waals surface area contributed by atoms with Gasteiger partial charge in [-0.05, 0) is 26.2 Å². The van der Waals surface area contributed by atoms with E-state index in [2.05, 4.69) is 6.92 Å². The number of hydrogen-bond acceptors (Lipinski definition) is 2. The van der Waals surface area contributed by atoms with Crippen LogP contribution in [0.3, 0.4) is 0 Å². The molecule has 1 unspecified atom stereocenters. The van der Waals surface area contributed by atoms with Gasteiger partial charge in [-0.15, -0.1) is 0 Å². The Hall–Kier alpha value is -0.570. The second-order valence-electron chi connectivity index (χ2n) is 4.36. The summed E-state index contributed by atoms with van der Waals surface area (Å²) in [5.74, 6) is 0.746. The van der Waals surface area contributed by atoms with E-state index in [0.29, 0.717) is 5.92 Å². The van der Waals surface area contributed by atoms with Crippen molar-refractivity contribution in [3.8, 4) is 0 Å². The molecule has 76 valence electrons. The first-order valence-electron chi connectivity index (χ1n) is 4.82. The normalized spacial score (nSPS) is 23.7. The van der Waals surface area contributed by atoms with Crippen molar-refractivity contribution in [2.75, 3.05) is 20.2 Å². The maximum atomic E-state index is 11.8. The summed E-state index contributed by atoms with van der Waals surface area (Å²) in [5, 5.41) is 0. The molecule has 0 saturated carbocycles. The standard InChI is InChI=1S/C10H19NO2/c1-8-5-6-11(7-8)9(12)10(2,3)13-4/h8H,5-7H2,1-4H3. The fourth-order valence-corrected chi connectivity index (χ4v) is 1.59. The van der Waals surface area contributed by atoms with Crippen molar-refractivity contribution in [1.29, 1.82) is 0 Å². The minimum absolute atomic E-state index is 0.111. The van der Waals surface area contributed by atoms with Gasteiger partial charge in [0.05, 0.1) is 0 Å². The number of hydrogen-bond donors (Lipinski definition) is 0. The Bertz CT molecular complexity index is 201. The molecule has 0 aromatic heterocycles. The number of carbonyl (C=O) groups excluding carboxylic acids is 1. The zero-order valence-electron chi connectivity index (χ0n) is 8.96. The molecule has 1 fully saturated rings. The van der Waals surface area contributed by atoms with Crippen LogP contribution in [0.2, 0.25) is 0 Å². The van der Waals surface area contributed by atoms with Gasteiger partial charge in [0, 0.05) is 20.2 Å². The van der Waals surface area contributed by atoms with Gasteiger partial charge in [-0.2, -0.15) is 0 Å². The zero-order valence-corrected chi connectivity index (χ0v) is 8.96. The quantitative estimate of drug-likeness (QED) is 0.648.